The van der Waals surface area contributed by atoms with Crippen molar-refractivity contribution in [2.45, 2.75) is 26.7 Å². The molecule has 0 saturated heterocycles. The van der Waals surface area contributed by atoms with E-state index in [9.17, 15) is 13.6 Å². The van der Waals surface area contributed by atoms with Gasteiger partial charge < -0.3 is 5.32 Å². The number of rotatable bonds is 5. The normalized spacial score (nSPS) is 11.1. The Morgan fingerprint density at radius 2 is 1.62 bits per heavy atom. The number of nitrogens with one attached hydrogen (secondary N) is 1. The second kappa shape index (κ2) is 9.01. The van der Waals surface area contributed by atoms with E-state index in [0.29, 0.717) is 11.6 Å². The molecular weight excluding hydrogens is 426 g/mol. The third kappa shape index (κ3) is 4.46. The van der Waals surface area contributed by atoms with Gasteiger partial charge in [0.2, 0.25) is 0 Å². The molecule has 3 nitrogen and oxygen atoms in total. The van der Waals surface area contributed by atoms with Crippen LogP contribution in [0, 0.1) is 18.6 Å². The number of hydrogen-bond acceptors (Lipinski definition) is 3. The highest BCUT2D eigenvalue weighted by molar-refractivity contribution is 7.15. The Balaban J connectivity index is 1.58. The minimum Gasteiger partial charge on any atom is -0.322 e. The molecule has 0 aliphatic heterocycles. The van der Waals surface area contributed by atoms with Crippen LogP contribution in [0.4, 0.5) is 14.5 Å². The van der Waals surface area contributed by atoms with E-state index in [0.717, 1.165) is 39.4 Å². The van der Waals surface area contributed by atoms with Gasteiger partial charge in [-0.2, -0.15) is 0 Å². The van der Waals surface area contributed by atoms with Gasteiger partial charge >= 0.3 is 0 Å². The van der Waals surface area contributed by atoms with E-state index in [1.165, 1.54) is 10.9 Å². The Kier molecular flexibility index (Phi) is 6.15. The van der Waals surface area contributed by atoms with Gasteiger partial charge in [-0.1, -0.05) is 44.2 Å². The molecule has 1 aromatic heterocycles. The predicted molar refractivity (Wildman–Crippen MR) is 126 cm³/mol. The van der Waals surface area contributed by atoms with Crippen LogP contribution >= 0.6 is 11.3 Å². The summed E-state index contributed by atoms with van der Waals surface area (Å²) < 4.78 is 27.7. The summed E-state index contributed by atoms with van der Waals surface area (Å²) >= 11 is 1.69. The molecule has 6 heteroatoms. The van der Waals surface area contributed by atoms with Crippen LogP contribution in [0.2, 0.25) is 0 Å². The fraction of sp³-hybridized carbons (Fsp3) is 0.154. The largest absolute Gasteiger partial charge is 0.322 e. The molecule has 1 N–H and O–H groups in total. The van der Waals surface area contributed by atoms with Crippen molar-refractivity contribution in [3.8, 4) is 21.7 Å². The Labute approximate surface area is 189 Å². The molecule has 0 saturated carbocycles. The van der Waals surface area contributed by atoms with E-state index >= 15 is 0 Å². The minimum absolute atomic E-state index is 0.437. The average molecular weight is 449 g/mol. The molecule has 1 heterocycles. The summed E-state index contributed by atoms with van der Waals surface area (Å²) in [6.07, 6.45) is 1.93. The Bertz CT molecular complexity index is 1260. The molecule has 0 bridgehead atoms. The molecular formula is C26H22F2N2OS. The maximum atomic E-state index is 13.9. The van der Waals surface area contributed by atoms with Crippen molar-refractivity contribution in [3.63, 3.8) is 0 Å². The zero-order valence-corrected chi connectivity index (χ0v) is 18.8. The van der Waals surface area contributed by atoms with Crippen molar-refractivity contribution in [1.82, 2.24) is 4.98 Å². The number of carbonyl (C=O) groups excluding carboxylic acids is 1. The maximum absolute atomic E-state index is 13.9. The summed E-state index contributed by atoms with van der Waals surface area (Å²) in [6, 6.07) is 16.8. The number of hydrogen-bond donors (Lipinski definition) is 1. The number of amides is 1. The van der Waals surface area contributed by atoms with E-state index < -0.39 is 23.1 Å². The lowest BCUT2D eigenvalue weighted by Gasteiger charge is -2.11. The molecule has 0 radical (unpaired) electrons. The lowest BCUT2D eigenvalue weighted by Crippen LogP contribution is -2.15. The number of anilines is 1. The quantitative estimate of drug-likeness (QED) is 0.345. The topological polar surface area (TPSA) is 42.0 Å². The van der Waals surface area contributed by atoms with E-state index in [1.807, 2.05) is 25.3 Å². The van der Waals surface area contributed by atoms with Crippen molar-refractivity contribution >= 4 is 22.9 Å². The van der Waals surface area contributed by atoms with Crippen molar-refractivity contribution < 1.29 is 13.6 Å². The van der Waals surface area contributed by atoms with Crippen LogP contribution in [0.25, 0.3) is 21.7 Å². The van der Waals surface area contributed by atoms with Crippen LogP contribution in [0.1, 0.15) is 40.6 Å². The van der Waals surface area contributed by atoms with E-state index in [1.54, 1.807) is 23.5 Å². The summed E-state index contributed by atoms with van der Waals surface area (Å²) in [6.45, 7) is 6.34. The zero-order valence-electron chi connectivity index (χ0n) is 17.9. The van der Waals surface area contributed by atoms with Crippen LogP contribution < -0.4 is 5.32 Å². The molecule has 0 unspecified atom stereocenters. The summed E-state index contributed by atoms with van der Waals surface area (Å²) in [5.41, 5.74) is 4.05. The Morgan fingerprint density at radius 1 is 0.969 bits per heavy atom. The van der Waals surface area contributed by atoms with Gasteiger partial charge in [0, 0.05) is 22.3 Å². The zero-order chi connectivity index (χ0) is 22.8. The van der Waals surface area contributed by atoms with Crippen LogP contribution in [-0.2, 0) is 0 Å². The van der Waals surface area contributed by atoms with Crippen LogP contribution in [-0.4, -0.2) is 10.9 Å². The monoisotopic (exact) mass is 448 g/mol. The van der Waals surface area contributed by atoms with Crippen LogP contribution in [0.5, 0.6) is 0 Å². The number of thiazole rings is 1. The van der Waals surface area contributed by atoms with Gasteiger partial charge in [0.15, 0.2) is 0 Å². The molecule has 32 heavy (non-hydrogen) atoms. The van der Waals surface area contributed by atoms with Gasteiger partial charge in [-0.25, -0.2) is 13.8 Å². The molecule has 1 amide bonds. The molecule has 3 aromatic carbocycles. The highest BCUT2D eigenvalue weighted by atomic mass is 32.1. The van der Waals surface area contributed by atoms with Crippen molar-refractivity contribution in [2.24, 2.45) is 0 Å². The molecule has 0 aliphatic rings. The predicted octanol–water partition coefficient (Wildman–Crippen LogP) is 7.44. The second-order valence-electron chi connectivity index (χ2n) is 7.88. The van der Waals surface area contributed by atoms with Gasteiger partial charge in [0.25, 0.3) is 5.91 Å². The van der Waals surface area contributed by atoms with Crippen molar-refractivity contribution in [2.75, 3.05) is 5.32 Å². The van der Waals surface area contributed by atoms with Crippen LogP contribution in [0.15, 0.2) is 66.9 Å². The first-order chi connectivity index (χ1) is 15.3. The van der Waals surface area contributed by atoms with Crippen molar-refractivity contribution in [3.05, 3.63) is 94.5 Å². The van der Waals surface area contributed by atoms with Gasteiger partial charge in [-0.3, -0.25) is 4.79 Å². The highest BCUT2D eigenvalue weighted by Crippen LogP contribution is 2.33. The summed E-state index contributed by atoms with van der Waals surface area (Å²) in [5, 5.41) is 3.53. The first-order valence-electron chi connectivity index (χ1n) is 10.3. The van der Waals surface area contributed by atoms with Gasteiger partial charge in [-0.05, 0) is 59.9 Å². The number of carbonyl (C=O) groups is 1. The van der Waals surface area contributed by atoms with E-state index in [2.05, 4.69) is 42.3 Å². The summed E-state index contributed by atoms with van der Waals surface area (Å²) in [7, 11) is 0. The Hall–Kier alpha value is -3.38. The lowest BCUT2D eigenvalue weighted by molar-refractivity contribution is 0.101. The van der Waals surface area contributed by atoms with Crippen molar-refractivity contribution in [1.29, 1.82) is 0 Å². The third-order valence-corrected chi connectivity index (χ3v) is 6.57. The number of aryl methyl sites for hydroxylation is 1. The van der Waals surface area contributed by atoms with Gasteiger partial charge in [0.05, 0.1) is 0 Å². The molecule has 0 spiro atoms. The number of aromatic nitrogens is 1. The first kappa shape index (κ1) is 21.8. The highest BCUT2D eigenvalue weighted by Gasteiger charge is 2.17. The smallest absolute Gasteiger partial charge is 0.261 e. The third-order valence-electron chi connectivity index (χ3n) is 5.22. The molecule has 0 atom stereocenters. The van der Waals surface area contributed by atoms with E-state index in [4.69, 9.17) is 0 Å². The van der Waals surface area contributed by atoms with Crippen LogP contribution in [0.3, 0.4) is 0 Å². The average Bonchev–Trinajstić information content (AvgIpc) is 3.25. The molecule has 0 fully saturated rings. The van der Waals surface area contributed by atoms with E-state index in [-0.39, 0.29) is 0 Å². The lowest BCUT2D eigenvalue weighted by atomic mass is 9.98. The fourth-order valence-electron chi connectivity index (χ4n) is 3.39. The maximum Gasteiger partial charge on any atom is 0.261 e. The summed E-state index contributed by atoms with van der Waals surface area (Å²) in [5.74, 6) is -2.17. The molecule has 4 aromatic rings. The standard InChI is InChI=1S/C26H22F2N2OS/c1-15(2)23-14-29-26(32-23)18-8-7-16(3)20(13-18)17-9-11-19(12-10-17)30-25(31)24-21(27)5-4-6-22(24)28/h4-15H,1-3H3,(H,30,31). The number of nitrogens with zero attached hydrogens (tertiary/aromatic N) is 1. The Morgan fingerprint density at radius 3 is 2.25 bits per heavy atom. The number of benzene rings is 3. The molecule has 4 rings (SSSR count). The SMILES string of the molecule is Cc1ccc(-c2ncc(C(C)C)s2)cc1-c1ccc(NC(=O)c2c(F)cccc2F)cc1. The second-order valence-corrected chi connectivity index (χ2v) is 8.94. The first-order valence-corrected chi connectivity index (χ1v) is 11.1. The van der Waals surface area contributed by atoms with Gasteiger partial charge in [0.1, 0.15) is 22.2 Å². The van der Waals surface area contributed by atoms with Gasteiger partial charge in [-0.15, -0.1) is 11.3 Å². The number of halogens is 2. The summed E-state index contributed by atoms with van der Waals surface area (Å²) in [4.78, 5) is 18.1. The molecule has 0 aliphatic carbocycles. The fourth-order valence-corrected chi connectivity index (χ4v) is 4.31. The molecule has 162 valence electrons. The minimum atomic E-state index is -0.894.